The Labute approximate surface area is 154 Å². The van der Waals surface area contributed by atoms with E-state index in [0.29, 0.717) is 50.5 Å². The molecule has 25 heavy (non-hydrogen) atoms. The molecule has 1 aliphatic heterocycles. The topological polar surface area (TPSA) is 60.9 Å². The van der Waals surface area contributed by atoms with Crippen molar-refractivity contribution in [3.05, 3.63) is 34.9 Å². The third-order valence-electron chi connectivity index (χ3n) is 4.67. The van der Waals surface area contributed by atoms with Gasteiger partial charge in [-0.1, -0.05) is 23.7 Å². The van der Waals surface area contributed by atoms with Gasteiger partial charge in [-0.2, -0.15) is 0 Å². The molecule has 1 heterocycles. The van der Waals surface area contributed by atoms with Gasteiger partial charge in [0, 0.05) is 44.2 Å². The molecule has 6 heteroatoms. The first kappa shape index (κ1) is 19.7. The number of piperidine rings is 1. The van der Waals surface area contributed by atoms with Crippen LogP contribution in [0.2, 0.25) is 5.02 Å². The number of hydrogen-bond acceptors (Lipinski definition) is 3. The van der Waals surface area contributed by atoms with Gasteiger partial charge >= 0.3 is 0 Å². The van der Waals surface area contributed by atoms with Crippen molar-refractivity contribution in [2.45, 2.75) is 39.2 Å². The Bertz CT molecular complexity index is 577. The SMILES string of the molecule is CCN(CCCCO)C(=O)C1CCC(=O)N(Cc2ccc(Cl)cc2)C1. The lowest BCUT2D eigenvalue weighted by molar-refractivity contribution is -0.143. The summed E-state index contributed by atoms with van der Waals surface area (Å²) >= 11 is 5.90. The molecule has 2 amide bonds. The van der Waals surface area contributed by atoms with E-state index < -0.39 is 0 Å². The van der Waals surface area contributed by atoms with Gasteiger partial charge in [0.15, 0.2) is 0 Å². The minimum absolute atomic E-state index is 0.0994. The number of benzene rings is 1. The molecule has 5 nitrogen and oxygen atoms in total. The summed E-state index contributed by atoms with van der Waals surface area (Å²) < 4.78 is 0. The fourth-order valence-corrected chi connectivity index (χ4v) is 3.30. The van der Waals surface area contributed by atoms with Crippen molar-refractivity contribution in [2.75, 3.05) is 26.2 Å². The first-order valence-corrected chi connectivity index (χ1v) is 9.34. The monoisotopic (exact) mass is 366 g/mol. The zero-order valence-corrected chi connectivity index (χ0v) is 15.5. The Morgan fingerprint density at radius 1 is 1.32 bits per heavy atom. The molecule has 1 aromatic rings. The Morgan fingerprint density at radius 3 is 2.68 bits per heavy atom. The fraction of sp³-hybridized carbons (Fsp3) is 0.579. The van der Waals surface area contributed by atoms with Crippen LogP contribution in [0.15, 0.2) is 24.3 Å². The second-order valence-electron chi connectivity index (χ2n) is 6.48. The van der Waals surface area contributed by atoms with Crippen LogP contribution in [-0.4, -0.2) is 53.0 Å². The Hall–Kier alpha value is -1.59. The van der Waals surface area contributed by atoms with E-state index >= 15 is 0 Å². The van der Waals surface area contributed by atoms with Crippen LogP contribution in [0.1, 0.15) is 38.2 Å². The van der Waals surface area contributed by atoms with Gasteiger partial charge in [0.25, 0.3) is 0 Å². The smallest absolute Gasteiger partial charge is 0.227 e. The molecule has 0 saturated carbocycles. The predicted octanol–water partition coefficient (Wildman–Crippen LogP) is 2.70. The Morgan fingerprint density at radius 2 is 2.04 bits per heavy atom. The number of hydrogen-bond donors (Lipinski definition) is 1. The summed E-state index contributed by atoms with van der Waals surface area (Å²) in [7, 11) is 0. The van der Waals surface area contributed by atoms with E-state index in [-0.39, 0.29) is 24.3 Å². The second kappa shape index (κ2) is 9.78. The number of amides is 2. The van der Waals surface area contributed by atoms with Crippen molar-refractivity contribution in [1.29, 1.82) is 0 Å². The molecule has 1 unspecified atom stereocenters. The molecule has 138 valence electrons. The maximum Gasteiger partial charge on any atom is 0.227 e. The largest absolute Gasteiger partial charge is 0.396 e. The molecule has 1 aliphatic rings. The Balaban J connectivity index is 1.96. The molecule has 0 radical (unpaired) electrons. The summed E-state index contributed by atoms with van der Waals surface area (Å²) in [6.45, 7) is 4.42. The number of aliphatic hydroxyl groups excluding tert-OH is 1. The average Bonchev–Trinajstić information content (AvgIpc) is 2.62. The second-order valence-corrected chi connectivity index (χ2v) is 6.92. The summed E-state index contributed by atoms with van der Waals surface area (Å²) in [5.74, 6) is 0.0791. The number of carbonyl (C=O) groups is 2. The zero-order valence-electron chi connectivity index (χ0n) is 14.8. The number of rotatable bonds is 8. The fourth-order valence-electron chi connectivity index (χ4n) is 3.18. The molecule has 0 spiro atoms. The lowest BCUT2D eigenvalue weighted by atomic mass is 9.95. The van der Waals surface area contributed by atoms with Crippen molar-refractivity contribution >= 4 is 23.4 Å². The van der Waals surface area contributed by atoms with Gasteiger partial charge in [-0.05, 0) is 43.9 Å². The summed E-state index contributed by atoms with van der Waals surface area (Å²) in [6, 6.07) is 7.45. The molecule has 0 aliphatic carbocycles. The number of unbranched alkanes of at least 4 members (excludes halogenated alkanes) is 1. The summed E-state index contributed by atoms with van der Waals surface area (Å²) in [5.41, 5.74) is 1.01. The maximum atomic E-state index is 12.8. The molecule has 0 aromatic heterocycles. The van der Waals surface area contributed by atoms with Gasteiger partial charge in [-0.15, -0.1) is 0 Å². The van der Waals surface area contributed by atoms with Gasteiger partial charge < -0.3 is 14.9 Å². The summed E-state index contributed by atoms with van der Waals surface area (Å²) in [4.78, 5) is 28.6. The summed E-state index contributed by atoms with van der Waals surface area (Å²) in [6.07, 6.45) is 2.54. The van der Waals surface area contributed by atoms with Crippen LogP contribution in [0.5, 0.6) is 0 Å². The molecule has 2 rings (SSSR count). The highest BCUT2D eigenvalue weighted by atomic mass is 35.5. The van der Waals surface area contributed by atoms with Gasteiger partial charge in [-0.3, -0.25) is 9.59 Å². The van der Waals surface area contributed by atoms with Crippen LogP contribution in [0.3, 0.4) is 0 Å². The molecular weight excluding hydrogens is 340 g/mol. The van der Waals surface area contributed by atoms with E-state index in [1.807, 2.05) is 36.1 Å². The minimum atomic E-state index is -0.140. The van der Waals surface area contributed by atoms with E-state index in [0.717, 1.165) is 12.0 Å². The van der Waals surface area contributed by atoms with Crippen molar-refractivity contribution in [3.63, 3.8) is 0 Å². The van der Waals surface area contributed by atoms with Crippen LogP contribution in [-0.2, 0) is 16.1 Å². The van der Waals surface area contributed by atoms with Gasteiger partial charge in [0.2, 0.25) is 11.8 Å². The molecule has 0 bridgehead atoms. The van der Waals surface area contributed by atoms with Crippen molar-refractivity contribution < 1.29 is 14.7 Å². The van der Waals surface area contributed by atoms with Gasteiger partial charge in [-0.25, -0.2) is 0 Å². The lowest BCUT2D eigenvalue weighted by Gasteiger charge is -2.34. The molecular formula is C19H27ClN2O3. The normalized spacial score (nSPS) is 17.6. The quantitative estimate of drug-likeness (QED) is 0.719. The molecule has 1 N–H and O–H groups in total. The Kier molecular flexibility index (Phi) is 7.72. The highest BCUT2D eigenvalue weighted by Crippen LogP contribution is 2.22. The van der Waals surface area contributed by atoms with E-state index in [1.165, 1.54) is 0 Å². The van der Waals surface area contributed by atoms with Gasteiger partial charge in [0.1, 0.15) is 0 Å². The number of nitrogens with zero attached hydrogens (tertiary/aromatic N) is 2. The van der Waals surface area contributed by atoms with Crippen LogP contribution >= 0.6 is 11.6 Å². The third kappa shape index (κ3) is 5.72. The van der Waals surface area contributed by atoms with E-state index in [2.05, 4.69) is 0 Å². The van der Waals surface area contributed by atoms with Crippen molar-refractivity contribution in [2.24, 2.45) is 5.92 Å². The lowest BCUT2D eigenvalue weighted by Crippen LogP contribution is -2.47. The van der Waals surface area contributed by atoms with E-state index in [4.69, 9.17) is 16.7 Å². The average molecular weight is 367 g/mol. The first-order chi connectivity index (χ1) is 12.0. The third-order valence-corrected chi connectivity index (χ3v) is 4.92. The summed E-state index contributed by atoms with van der Waals surface area (Å²) in [5, 5.41) is 9.57. The van der Waals surface area contributed by atoms with E-state index in [1.54, 1.807) is 4.90 Å². The standard InChI is InChI=1S/C19H27ClN2O3/c1-2-21(11-3-4-12-23)19(25)16-7-10-18(24)22(14-16)13-15-5-8-17(20)9-6-15/h5-6,8-9,16,23H,2-4,7,10-14H2,1H3. The van der Waals surface area contributed by atoms with Crippen molar-refractivity contribution in [3.8, 4) is 0 Å². The highest BCUT2D eigenvalue weighted by molar-refractivity contribution is 6.30. The van der Waals surface area contributed by atoms with E-state index in [9.17, 15) is 9.59 Å². The first-order valence-electron chi connectivity index (χ1n) is 8.97. The molecule has 1 aromatic carbocycles. The van der Waals surface area contributed by atoms with Crippen molar-refractivity contribution in [1.82, 2.24) is 9.80 Å². The number of halogens is 1. The number of aliphatic hydroxyl groups is 1. The molecule has 1 saturated heterocycles. The van der Waals surface area contributed by atoms with Crippen LogP contribution in [0.25, 0.3) is 0 Å². The molecule has 1 atom stereocenters. The van der Waals surface area contributed by atoms with Crippen LogP contribution in [0, 0.1) is 5.92 Å². The van der Waals surface area contributed by atoms with Gasteiger partial charge in [0.05, 0.1) is 5.92 Å². The maximum absolute atomic E-state index is 12.8. The molecule has 1 fully saturated rings. The van der Waals surface area contributed by atoms with Crippen LogP contribution in [0.4, 0.5) is 0 Å². The predicted molar refractivity (Wildman–Crippen MR) is 98.2 cm³/mol. The van der Waals surface area contributed by atoms with Crippen LogP contribution < -0.4 is 0 Å². The number of likely N-dealkylation sites (tertiary alicyclic amines) is 1. The minimum Gasteiger partial charge on any atom is -0.396 e. The zero-order chi connectivity index (χ0) is 18.2. The highest BCUT2D eigenvalue weighted by Gasteiger charge is 2.32. The number of carbonyl (C=O) groups excluding carboxylic acids is 2.